The van der Waals surface area contributed by atoms with Gasteiger partial charge in [-0.15, -0.1) is 10.2 Å². The van der Waals surface area contributed by atoms with E-state index < -0.39 is 0 Å². The molecular weight excluding hydrogens is 380 g/mol. The van der Waals surface area contributed by atoms with Gasteiger partial charge in [0.1, 0.15) is 22.9 Å². The van der Waals surface area contributed by atoms with Crippen LogP contribution in [0.5, 0.6) is 11.5 Å². The molecular formula is C22H20N6O2. The van der Waals surface area contributed by atoms with Crippen LogP contribution in [0.1, 0.15) is 0 Å². The quantitative estimate of drug-likeness (QED) is 0.476. The molecule has 5 aromatic rings. The summed E-state index contributed by atoms with van der Waals surface area (Å²) in [6.45, 7) is 0. The number of hydrogen-bond acceptors (Lipinski definition) is 6. The maximum Gasteiger partial charge on any atom is 0.240 e. The van der Waals surface area contributed by atoms with Crippen LogP contribution in [-0.2, 0) is 7.05 Å². The average Bonchev–Trinajstić information content (AvgIpc) is 3.33. The number of anilines is 1. The van der Waals surface area contributed by atoms with E-state index in [1.807, 2.05) is 60.4 Å². The summed E-state index contributed by atoms with van der Waals surface area (Å²) >= 11 is 0. The zero-order valence-electron chi connectivity index (χ0n) is 16.8. The molecule has 3 heterocycles. The molecule has 8 nitrogen and oxygen atoms in total. The summed E-state index contributed by atoms with van der Waals surface area (Å²) in [6.07, 6.45) is 3.92. The Morgan fingerprint density at radius 1 is 0.900 bits per heavy atom. The summed E-state index contributed by atoms with van der Waals surface area (Å²) in [6, 6.07) is 11.8. The lowest BCUT2D eigenvalue weighted by molar-refractivity contribution is 0.415. The van der Waals surface area contributed by atoms with Crippen LogP contribution in [0.25, 0.3) is 44.3 Å². The molecule has 0 amide bonds. The van der Waals surface area contributed by atoms with Crippen LogP contribution >= 0.6 is 0 Å². The van der Waals surface area contributed by atoms with Crippen LogP contribution < -0.4 is 15.2 Å². The third kappa shape index (κ3) is 2.73. The van der Waals surface area contributed by atoms with Crippen molar-refractivity contribution in [1.29, 1.82) is 0 Å². The van der Waals surface area contributed by atoms with Crippen LogP contribution in [0.3, 0.4) is 0 Å². The molecule has 0 unspecified atom stereocenters. The summed E-state index contributed by atoms with van der Waals surface area (Å²) in [7, 11) is 5.29. The molecule has 3 N–H and O–H groups in total. The number of rotatable bonds is 4. The standard InChI is InChI=1S/C22H20N6O2/c1-28-11-17(15-9-13(30-3)5-7-19(15)28)21-20(25-22(23)27-26-21)16-10-24-18-6-4-12(29-2)8-14(16)18/h4-11,24H,1-3H3,(H2,23,25,27). The highest BCUT2D eigenvalue weighted by atomic mass is 16.5. The largest absolute Gasteiger partial charge is 0.497 e. The van der Waals surface area contributed by atoms with Crippen molar-refractivity contribution in [3.8, 4) is 34.0 Å². The second-order valence-corrected chi connectivity index (χ2v) is 7.02. The lowest BCUT2D eigenvalue weighted by Crippen LogP contribution is -2.02. The number of methoxy groups -OCH3 is 2. The van der Waals surface area contributed by atoms with Gasteiger partial charge in [-0.2, -0.15) is 0 Å². The second-order valence-electron chi connectivity index (χ2n) is 7.02. The molecule has 0 aliphatic carbocycles. The fourth-order valence-electron chi connectivity index (χ4n) is 3.82. The Morgan fingerprint density at radius 2 is 1.63 bits per heavy atom. The summed E-state index contributed by atoms with van der Waals surface area (Å²) in [5, 5.41) is 10.4. The summed E-state index contributed by atoms with van der Waals surface area (Å²) in [5.41, 5.74) is 11.0. The predicted molar refractivity (Wildman–Crippen MR) is 117 cm³/mol. The molecule has 0 aliphatic rings. The van der Waals surface area contributed by atoms with Crippen LogP contribution in [0.2, 0.25) is 0 Å². The number of aromatic nitrogens is 5. The van der Waals surface area contributed by atoms with E-state index in [9.17, 15) is 0 Å². The lowest BCUT2D eigenvalue weighted by Gasteiger charge is -2.08. The first-order valence-corrected chi connectivity index (χ1v) is 9.38. The van der Waals surface area contributed by atoms with Crippen molar-refractivity contribution in [2.45, 2.75) is 0 Å². The molecule has 30 heavy (non-hydrogen) atoms. The number of nitrogens with two attached hydrogens (primary N) is 1. The van der Waals surface area contributed by atoms with Gasteiger partial charge in [0.25, 0.3) is 0 Å². The molecule has 0 saturated carbocycles. The molecule has 2 aromatic carbocycles. The SMILES string of the molecule is COc1ccc2[nH]cc(-c3nc(N)nnc3-c3cn(C)c4ccc(OC)cc34)c2c1. The second kappa shape index (κ2) is 6.77. The first kappa shape index (κ1) is 18.0. The number of benzene rings is 2. The Bertz CT molecular complexity index is 1400. The van der Waals surface area contributed by atoms with Crippen molar-refractivity contribution < 1.29 is 9.47 Å². The van der Waals surface area contributed by atoms with E-state index in [1.165, 1.54) is 0 Å². The number of H-pyrrole nitrogens is 1. The third-order valence-electron chi connectivity index (χ3n) is 5.30. The normalized spacial score (nSPS) is 11.3. The topological polar surface area (TPSA) is 104 Å². The maximum atomic E-state index is 5.93. The van der Waals surface area contributed by atoms with Crippen LogP contribution in [0.15, 0.2) is 48.8 Å². The van der Waals surface area contributed by atoms with Gasteiger partial charge in [0.15, 0.2) is 0 Å². The molecule has 3 aromatic heterocycles. The van der Waals surface area contributed by atoms with Gasteiger partial charge in [-0.25, -0.2) is 4.98 Å². The number of fused-ring (bicyclic) bond motifs is 2. The number of nitrogens with one attached hydrogen (secondary N) is 1. The van der Waals surface area contributed by atoms with Gasteiger partial charge in [0, 0.05) is 52.4 Å². The van der Waals surface area contributed by atoms with E-state index in [-0.39, 0.29) is 5.95 Å². The fraction of sp³-hybridized carbons (Fsp3) is 0.136. The van der Waals surface area contributed by atoms with Gasteiger partial charge in [-0.3, -0.25) is 0 Å². The molecule has 0 bridgehead atoms. The summed E-state index contributed by atoms with van der Waals surface area (Å²) in [4.78, 5) is 7.85. The van der Waals surface area contributed by atoms with Crippen molar-refractivity contribution in [3.63, 3.8) is 0 Å². The molecule has 150 valence electrons. The number of ether oxygens (including phenoxy) is 2. The zero-order chi connectivity index (χ0) is 20.8. The molecule has 0 fully saturated rings. The first-order chi connectivity index (χ1) is 14.6. The van der Waals surface area contributed by atoms with Gasteiger partial charge in [0.2, 0.25) is 5.95 Å². The first-order valence-electron chi connectivity index (χ1n) is 9.38. The van der Waals surface area contributed by atoms with E-state index in [0.717, 1.165) is 44.4 Å². The zero-order valence-corrected chi connectivity index (χ0v) is 16.8. The fourth-order valence-corrected chi connectivity index (χ4v) is 3.82. The Morgan fingerprint density at radius 3 is 2.40 bits per heavy atom. The number of aromatic amines is 1. The Kier molecular flexibility index (Phi) is 4.06. The summed E-state index contributed by atoms with van der Waals surface area (Å²) < 4.78 is 12.9. The molecule has 0 aliphatic heterocycles. The van der Waals surface area contributed by atoms with Crippen LogP contribution in [0.4, 0.5) is 5.95 Å². The van der Waals surface area contributed by atoms with E-state index in [4.69, 9.17) is 15.2 Å². The van der Waals surface area contributed by atoms with Crippen molar-refractivity contribution in [3.05, 3.63) is 48.8 Å². The summed E-state index contributed by atoms with van der Waals surface area (Å²) in [5.74, 6) is 1.64. The van der Waals surface area contributed by atoms with E-state index >= 15 is 0 Å². The van der Waals surface area contributed by atoms with E-state index in [2.05, 4.69) is 20.2 Å². The molecule has 8 heteroatoms. The number of aryl methyl sites for hydroxylation is 1. The van der Waals surface area contributed by atoms with Crippen molar-refractivity contribution in [2.24, 2.45) is 7.05 Å². The Labute approximate surface area is 172 Å². The minimum Gasteiger partial charge on any atom is -0.497 e. The lowest BCUT2D eigenvalue weighted by atomic mass is 10.0. The third-order valence-corrected chi connectivity index (χ3v) is 5.30. The predicted octanol–water partition coefficient (Wildman–Crippen LogP) is 3.78. The van der Waals surface area contributed by atoms with Crippen molar-refractivity contribution in [1.82, 2.24) is 24.7 Å². The minimum atomic E-state index is 0.115. The Hall–Kier alpha value is -4.07. The Balaban J connectivity index is 1.80. The van der Waals surface area contributed by atoms with Crippen molar-refractivity contribution >= 4 is 27.8 Å². The van der Waals surface area contributed by atoms with Gasteiger partial charge in [-0.05, 0) is 36.4 Å². The highest BCUT2D eigenvalue weighted by Crippen LogP contribution is 2.39. The van der Waals surface area contributed by atoms with Gasteiger partial charge < -0.3 is 24.8 Å². The molecule has 5 rings (SSSR count). The average molecular weight is 400 g/mol. The van der Waals surface area contributed by atoms with E-state index in [1.54, 1.807) is 14.2 Å². The smallest absolute Gasteiger partial charge is 0.240 e. The molecule has 0 atom stereocenters. The molecule has 0 spiro atoms. The van der Waals surface area contributed by atoms with Gasteiger partial charge >= 0.3 is 0 Å². The highest BCUT2D eigenvalue weighted by molar-refractivity contribution is 6.03. The monoisotopic (exact) mass is 400 g/mol. The number of nitrogen functional groups attached to an aromatic ring is 1. The van der Waals surface area contributed by atoms with Crippen molar-refractivity contribution in [2.75, 3.05) is 20.0 Å². The van der Waals surface area contributed by atoms with Gasteiger partial charge in [0.05, 0.1) is 14.2 Å². The number of nitrogens with zero attached hydrogens (tertiary/aromatic N) is 4. The maximum absolute atomic E-state index is 5.93. The molecule has 0 saturated heterocycles. The number of hydrogen-bond donors (Lipinski definition) is 2. The van der Waals surface area contributed by atoms with Crippen LogP contribution in [0, 0.1) is 0 Å². The van der Waals surface area contributed by atoms with Gasteiger partial charge in [-0.1, -0.05) is 0 Å². The molecule has 0 radical (unpaired) electrons. The minimum absolute atomic E-state index is 0.115. The van der Waals surface area contributed by atoms with E-state index in [0.29, 0.717) is 11.4 Å². The van der Waals surface area contributed by atoms with Crippen LogP contribution in [-0.4, -0.2) is 39.0 Å². The highest BCUT2D eigenvalue weighted by Gasteiger charge is 2.20.